The second-order valence-electron chi connectivity index (χ2n) is 2.97. The zero-order chi connectivity index (χ0) is 8.85. The van der Waals surface area contributed by atoms with E-state index in [4.69, 9.17) is 0 Å². The van der Waals surface area contributed by atoms with Crippen molar-refractivity contribution in [3.05, 3.63) is 23.9 Å². The van der Waals surface area contributed by atoms with Crippen LogP contribution in [0.2, 0.25) is 0 Å². The summed E-state index contributed by atoms with van der Waals surface area (Å²) in [6.45, 7) is 12.0. The van der Waals surface area contributed by atoms with Crippen molar-refractivity contribution >= 4 is 6.21 Å². The molecule has 0 saturated heterocycles. The molecule has 0 spiro atoms. The molecule has 0 aliphatic carbocycles. The minimum Gasteiger partial charge on any atom is -0.261 e. The molecule has 0 aliphatic heterocycles. The van der Waals surface area contributed by atoms with Gasteiger partial charge in [0.25, 0.3) is 0 Å². The summed E-state index contributed by atoms with van der Waals surface area (Å²) in [5.74, 6) is 0.496. The smallest absolute Gasteiger partial charge is 0.0386 e. The molecule has 1 heteroatoms. The molecule has 0 saturated carbocycles. The SMILES string of the molecule is C=C(C)/C=N\C(=C/C)C(C)C. The zero-order valence-corrected chi connectivity index (χ0v) is 7.89. The van der Waals surface area contributed by atoms with Gasteiger partial charge in [0.2, 0.25) is 0 Å². The molecular formula is C10H17N. The summed E-state index contributed by atoms with van der Waals surface area (Å²) >= 11 is 0. The van der Waals surface area contributed by atoms with Crippen LogP contribution in [0.25, 0.3) is 0 Å². The fourth-order valence-corrected chi connectivity index (χ4v) is 0.742. The molecule has 0 unspecified atom stereocenters. The van der Waals surface area contributed by atoms with Gasteiger partial charge in [0.1, 0.15) is 0 Å². The summed E-state index contributed by atoms with van der Waals surface area (Å²) in [5.41, 5.74) is 2.11. The number of aliphatic imine (C=N–C) groups is 1. The number of hydrogen-bond acceptors (Lipinski definition) is 1. The van der Waals surface area contributed by atoms with Crippen LogP contribution in [0.4, 0.5) is 0 Å². The fraction of sp³-hybridized carbons (Fsp3) is 0.500. The second-order valence-corrected chi connectivity index (χ2v) is 2.97. The molecule has 0 radical (unpaired) electrons. The van der Waals surface area contributed by atoms with Crippen molar-refractivity contribution < 1.29 is 0 Å². The standard InChI is InChI=1S/C10H17N/c1-6-10(9(4)5)11-7-8(2)3/h6-7,9H,2H2,1,3-5H3/b10-6-,11-7-. The number of nitrogens with zero attached hydrogens (tertiary/aromatic N) is 1. The lowest BCUT2D eigenvalue weighted by Crippen LogP contribution is -1.90. The molecule has 0 amide bonds. The molecule has 11 heavy (non-hydrogen) atoms. The predicted molar refractivity (Wildman–Crippen MR) is 51.9 cm³/mol. The van der Waals surface area contributed by atoms with Crippen LogP contribution in [0.5, 0.6) is 0 Å². The lowest BCUT2D eigenvalue weighted by molar-refractivity contribution is 0.757. The number of allylic oxidation sites excluding steroid dienone is 3. The summed E-state index contributed by atoms with van der Waals surface area (Å²) in [6.07, 6.45) is 3.83. The van der Waals surface area contributed by atoms with Crippen molar-refractivity contribution in [3.8, 4) is 0 Å². The Kier molecular flexibility index (Phi) is 4.51. The van der Waals surface area contributed by atoms with Crippen LogP contribution in [-0.2, 0) is 0 Å². The summed E-state index contributed by atoms with van der Waals surface area (Å²) in [4.78, 5) is 4.28. The van der Waals surface area contributed by atoms with Gasteiger partial charge < -0.3 is 0 Å². The van der Waals surface area contributed by atoms with E-state index in [1.165, 1.54) is 0 Å². The van der Waals surface area contributed by atoms with Crippen LogP contribution in [0.3, 0.4) is 0 Å². The van der Waals surface area contributed by atoms with E-state index in [0.717, 1.165) is 11.3 Å². The Morgan fingerprint density at radius 3 is 2.27 bits per heavy atom. The molecule has 0 heterocycles. The third kappa shape index (κ3) is 4.54. The van der Waals surface area contributed by atoms with E-state index < -0.39 is 0 Å². The summed E-state index contributed by atoms with van der Waals surface area (Å²) in [6, 6.07) is 0. The monoisotopic (exact) mass is 151 g/mol. The van der Waals surface area contributed by atoms with Gasteiger partial charge in [0.15, 0.2) is 0 Å². The third-order valence-electron chi connectivity index (χ3n) is 1.32. The van der Waals surface area contributed by atoms with Gasteiger partial charge in [-0.25, -0.2) is 0 Å². The highest BCUT2D eigenvalue weighted by molar-refractivity contribution is 5.77. The molecule has 0 atom stereocenters. The maximum atomic E-state index is 4.28. The molecule has 0 bridgehead atoms. The van der Waals surface area contributed by atoms with Gasteiger partial charge in [0, 0.05) is 11.9 Å². The molecule has 0 aromatic carbocycles. The molecule has 0 N–H and O–H groups in total. The van der Waals surface area contributed by atoms with Gasteiger partial charge in [-0.05, 0) is 25.3 Å². The van der Waals surface area contributed by atoms with Crippen molar-refractivity contribution in [2.24, 2.45) is 10.9 Å². The van der Waals surface area contributed by atoms with Crippen LogP contribution in [-0.4, -0.2) is 6.21 Å². The Hall–Kier alpha value is -0.850. The highest BCUT2D eigenvalue weighted by atomic mass is 14.7. The Morgan fingerprint density at radius 1 is 1.45 bits per heavy atom. The fourth-order valence-electron chi connectivity index (χ4n) is 0.742. The lowest BCUT2D eigenvalue weighted by atomic mass is 10.1. The van der Waals surface area contributed by atoms with E-state index in [9.17, 15) is 0 Å². The highest BCUT2D eigenvalue weighted by Gasteiger charge is 1.96. The Balaban J connectivity index is 4.22. The van der Waals surface area contributed by atoms with E-state index in [0.29, 0.717) is 5.92 Å². The first kappa shape index (κ1) is 10.2. The maximum Gasteiger partial charge on any atom is 0.0386 e. The van der Waals surface area contributed by atoms with Crippen LogP contribution < -0.4 is 0 Å². The highest BCUT2D eigenvalue weighted by Crippen LogP contribution is 2.09. The third-order valence-corrected chi connectivity index (χ3v) is 1.32. The first-order valence-corrected chi connectivity index (χ1v) is 3.93. The van der Waals surface area contributed by atoms with Crippen LogP contribution in [0.15, 0.2) is 28.9 Å². The minimum atomic E-state index is 0.496. The maximum absolute atomic E-state index is 4.28. The average molecular weight is 151 g/mol. The number of rotatable bonds is 3. The van der Waals surface area contributed by atoms with E-state index in [1.54, 1.807) is 6.21 Å². The minimum absolute atomic E-state index is 0.496. The van der Waals surface area contributed by atoms with Crippen LogP contribution in [0.1, 0.15) is 27.7 Å². The van der Waals surface area contributed by atoms with Crippen LogP contribution in [0, 0.1) is 5.92 Å². The largest absolute Gasteiger partial charge is 0.261 e. The normalized spacial score (nSPS) is 13.0. The van der Waals surface area contributed by atoms with E-state index >= 15 is 0 Å². The van der Waals surface area contributed by atoms with Gasteiger partial charge >= 0.3 is 0 Å². The molecular weight excluding hydrogens is 134 g/mol. The second kappa shape index (κ2) is 4.89. The molecule has 1 nitrogen and oxygen atoms in total. The Bertz CT molecular complexity index is 185. The average Bonchev–Trinajstić information content (AvgIpc) is 1.87. The van der Waals surface area contributed by atoms with Gasteiger partial charge in [-0.1, -0.05) is 26.5 Å². The van der Waals surface area contributed by atoms with Crippen LogP contribution >= 0.6 is 0 Å². The Labute approximate surface area is 69.5 Å². The van der Waals surface area contributed by atoms with Crippen molar-refractivity contribution in [1.82, 2.24) is 0 Å². The Morgan fingerprint density at radius 2 is 2.00 bits per heavy atom. The summed E-state index contributed by atoms with van der Waals surface area (Å²) < 4.78 is 0. The molecule has 0 rings (SSSR count). The van der Waals surface area contributed by atoms with Crippen molar-refractivity contribution in [2.45, 2.75) is 27.7 Å². The molecule has 0 aromatic heterocycles. The van der Waals surface area contributed by atoms with Gasteiger partial charge in [-0.3, -0.25) is 4.99 Å². The van der Waals surface area contributed by atoms with Crippen molar-refractivity contribution in [1.29, 1.82) is 0 Å². The van der Waals surface area contributed by atoms with Gasteiger partial charge in [-0.15, -0.1) is 0 Å². The van der Waals surface area contributed by atoms with Gasteiger partial charge in [0.05, 0.1) is 0 Å². The molecule has 0 aliphatic rings. The van der Waals surface area contributed by atoms with Crippen molar-refractivity contribution in [2.75, 3.05) is 0 Å². The first-order chi connectivity index (χ1) is 5.07. The van der Waals surface area contributed by atoms with E-state index in [-0.39, 0.29) is 0 Å². The summed E-state index contributed by atoms with van der Waals surface area (Å²) in [7, 11) is 0. The first-order valence-electron chi connectivity index (χ1n) is 3.93. The summed E-state index contributed by atoms with van der Waals surface area (Å²) in [5, 5.41) is 0. The van der Waals surface area contributed by atoms with E-state index in [1.807, 2.05) is 19.9 Å². The number of hydrogen-bond donors (Lipinski definition) is 0. The molecule has 62 valence electrons. The van der Waals surface area contributed by atoms with Gasteiger partial charge in [-0.2, -0.15) is 0 Å². The molecule has 0 aromatic rings. The van der Waals surface area contributed by atoms with Crippen molar-refractivity contribution in [3.63, 3.8) is 0 Å². The predicted octanol–water partition coefficient (Wildman–Crippen LogP) is 3.19. The quantitative estimate of drug-likeness (QED) is 0.549. The molecule has 0 fully saturated rings. The van der Waals surface area contributed by atoms with E-state index in [2.05, 4.69) is 25.4 Å². The topological polar surface area (TPSA) is 12.4 Å². The zero-order valence-electron chi connectivity index (χ0n) is 7.89. The lowest BCUT2D eigenvalue weighted by Gasteiger charge is -2.03.